The van der Waals surface area contributed by atoms with Gasteiger partial charge in [0.15, 0.2) is 0 Å². The minimum Gasteiger partial charge on any atom is -0.489 e. The zero-order chi connectivity index (χ0) is 12.6. The summed E-state index contributed by atoms with van der Waals surface area (Å²) in [6.07, 6.45) is 1.04. The normalized spacial score (nSPS) is 22.8. The molecular formula is C13H15BrO3. The maximum absolute atomic E-state index is 11.2. The van der Waals surface area contributed by atoms with Crippen molar-refractivity contribution < 1.29 is 14.6 Å². The van der Waals surface area contributed by atoms with Crippen LogP contribution in [-0.4, -0.2) is 17.2 Å². The second-order valence-electron chi connectivity index (χ2n) is 4.42. The molecule has 1 N–H and O–H groups in total. The Balaban J connectivity index is 2.42. The van der Waals surface area contributed by atoms with E-state index in [1.165, 1.54) is 0 Å². The van der Waals surface area contributed by atoms with Gasteiger partial charge in [0, 0.05) is 4.47 Å². The number of aryl methyl sites for hydroxylation is 1. The van der Waals surface area contributed by atoms with Gasteiger partial charge in [0.05, 0.1) is 5.92 Å². The van der Waals surface area contributed by atoms with Crippen LogP contribution in [0.15, 0.2) is 16.6 Å². The number of hydrogen-bond donors (Lipinski definition) is 1. The molecule has 0 aromatic heterocycles. The molecule has 0 fully saturated rings. The van der Waals surface area contributed by atoms with Crippen LogP contribution in [0, 0.1) is 12.8 Å². The number of fused-ring (bicyclic) bond motifs is 1. The molecule has 92 valence electrons. The molecule has 2 unspecified atom stereocenters. The molecule has 0 aliphatic carbocycles. The molecule has 1 heterocycles. The van der Waals surface area contributed by atoms with E-state index < -0.39 is 11.9 Å². The molecular weight excluding hydrogens is 284 g/mol. The van der Waals surface area contributed by atoms with Crippen LogP contribution >= 0.6 is 15.9 Å². The van der Waals surface area contributed by atoms with Crippen LogP contribution < -0.4 is 4.74 Å². The summed E-state index contributed by atoms with van der Waals surface area (Å²) in [6.45, 7) is 3.94. The van der Waals surface area contributed by atoms with E-state index in [0.29, 0.717) is 12.8 Å². The van der Waals surface area contributed by atoms with E-state index in [4.69, 9.17) is 4.74 Å². The fraction of sp³-hybridized carbons (Fsp3) is 0.462. The quantitative estimate of drug-likeness (QED) is 0.912. The zero-order valence-corrected chi connectivity index (χ0v) is 11.5. The van der Waals surface area contributed by atoms with E-state index in [1.807, 2.05) is 26.0 Å². The summed E-state index contributed by atoms with van der Waals surface area (Å²) in [7, 11) is 0. The summed E-state index contributed by atoms with van der Waals surface area (Å²) in [5.74, 6) is -0.362. The van der Waals surface area contributed by atoms with Crippen LogP contribution in [0.2, 0.25) is 0 Å². The van der Waals surface area contributed by atoms with E-state index in [-0.39, 0.29) is 6.10 Å². The topological polar surface area (TPSA) is 46.5 Å². The molecule has 0 saturated carbocycles. The third-order valence-corrected chi connectivity index (χ3v) is 3.65. The van der Waals surface area contributed by atoms with Crippen LogP contribution in [0.4, 0.5) is 0 Å². The Kier molecular flexibility index (Phi) is 3.43. The number of rotatable bonds is 2. The number of benzene rings is 1. The Morgan fingerprint density at radius 3 is 2.88 bits per heavy atom. The second-order valence-corrected chi connectivity index (χ2v) is 5.34. The van der Waals surface area contributed by atoms with Crippen molar-refractivity contribution in [3.8, 4) is 5.75 Å². The molecule has 1 aromatic rings. The molecule has 1 aliphatic heterocycles. The van der Waals surface area contributed by atoms with Crippen molar-refractivity contribution in [2.24, 2.45) is 5.92 Å². The highest BCUT2D eigenvalue weighted by atomic mass is 79.9. The first-order valence-electron chi connectivity index (χ1n) is 5.71. The summed E-state index contributed by atoms with van der Waals surface area (Å²) in [6, 6.07) is 3.94. The molecule has 1 aliphatic rings. The number of carboxylic acid groups (broad SMARTS) is 1. The smallest absolute Gasteiger partial charge is 0.310 e. The minimum absolute atomic E-state index is 0.222. The molecule has 1 aromatic carbocycles. The fourth-order valence-electron chi connectivity index (χ4n) is 2.34. The molecule has 4 heteroatoms. The average Bonchev–Trinajstić information content (AvgIpc) is 2.27. The zero-order valence-electron chi connectivity index (χ0n) is 9.87. The number of aliphatic carboxylic acids is 1. The van der Waals surface area contributed by atoms with Gasteiger partial charge in [0.2, 0.25) is 0 Å². The number of carboxylic acids is 1. The summed E-state index contributed by atoms with van der Waals surface area (Å²) in [5, 5.41) is 9.21. The highest BCUT2D eigenvalue weighted by Crippen LogP contribution is 2.36. The van der Waals surface area contributed by atoms with E-state index in [2.05, 4.69) is 15.9 Å². The van der Waals surface area contributed by atoms with E-state index in [0.717, 1.165) is 21.3 Å². The molecule has 17 heavy (non-hydrogen) atoms. The third-order valence-electron chi connectivity index (χ3n) is 3.19. The molecule has 0 saturated heterocycles. The van der Waals surface area contributed by atoms with Crippen molar-refractivity contribution in [2.45, 2.75) is 32.8 Å². The maximum Gasteiger partial charge on any atom is 0.310 e. The highest BCUT2D eigenvalue weighted by molar-refractivity contribution is 9.10. The average molecular weight is 299 g/mol. The lowest BCUT2D eigenvalue weighted by molar-refractivity contribution is -0.145. The number of carbonyl (C=O) groups is 1. The van der Waals surface area contributed by atoms with Crippen molar-refractivity contribution >= 4 is 21.9 Å². The van der Waals surface area contributed by atoms with Crippen LogP contribution in [0.25, 0.3) is 0 Å². The van der Waals surface area contributed by atoms with Crippen molar-refractivity contribution in [3.05, 3.63) is 27.7 Å². The molecule has 2 rings (SSSR count). The molecule has 0 radical (unpaired) electrons. The predicted octanol–water partition coefficient (Wildman–Crippen LogP) is 3.17. The van der Waals surface area contributed by atoms with Gasteiger partial charge in [0.1, 0.15) is 11.9 Å². The summed E-state index contributed by atoms with van der Waals surface area (Å²) in [4.78, 5) is 11.2. The van der Waals surface area contributed by atoms with Gasteiger partial charge >= 0.3 is 5.97 Å². The van der Waals surface area contributed by atoms with Crippen LogP contribution in [0.1, 0.15) is 24.5 Å². The number of hydrogen-bond acceptors (Lipinski definition) is 2. The van der Waals surface area contributed by atoms with Gasteiger partial charge in [-0.15, -0.1) is 0 Å². The lowest BCUT2D eigenvalue weighted by Gasteiger charge is -2.31. The van der Waals surface area contributed by atoms with Gasteiger partial charge in [-0.05, 0) is 43.0 Å². The van der Waals surface area contributed by atoms with Gasteiger partial charge in [-0.2, -0.15) is 0 Å². The lowest BCUT2D eigenvalue weighted by Crippen LogP contribution is -2.37. The predicted molar refractivity (Wildman–Crippen MR) is 68.4 cm³/mol. The van der Waals surface area contributed by atoms with E-state index in [1.54, 1.807) is 0 Å². The molecule has 0 bridgehead atoms. The molecule has 3 nitrogen and oxygen atoms in total. The Labute approximate surface area is 109 Å². The summed E-state index contributed by atoms with van der Waals surface area (Å²) in [5.41, 5.74) is 2.03. The third kappa shape index (κ3) is 2.32. The van der Waals surface area contributed by atoms with Crippen LogP contribution in [0.3, 0.4) is 0 Å². The first-order valence-corrected chi connectivity index (χ1v) is 6.50. The van der Waals surface area contributed by atoms with Gasteiger partial charge in [-0.3, -0.25) is 4.79 Å². The van der Waals surface area contributed by atoms with Crippen molar-refractivity contribution in [2.75, 3.05) is 0 Å². The first-order chi connectivity index (χ1) is 8.02. The SMILES string of the molecule is CCC1Oc2c(C)cc(Br)cc2CC1C(=O)O. The minimum atomic E-state index is -0.778. The van der Waals surface area contributed by atoms with Gasteiger partial charge in [-0.25, -0.2) is 0 Å². The number of ether oxygens (including phenoxy) is 1. The van der Waals surface area contributed by atoms with Gasteiger partial charge in [-0.1, -0.05) is 22.9 Å². The van der Waals surface area contributed by atoms with Crippen molar-refractivity contribution in [3.63, 3.8) is 0 Å². The second kappa shape index (κ2) is 4.69. The van der Waals surface area contributed by atoms with E-state index in [9.17, 15) is 9.90 Å². The monoisotopic (exact) mass is 298 g/mol. The van der Waals surface area contributed by atoms with Gasteiger partial charge < -0.3 is 9.84 Å². The Hall–Kier alpha value is -1.03. The first kappa shape index (κ1) is 12.4. The van der Waals surface area contributed by atoms with E-state index >= 15 is 0 Å². The maximum atomic E-state index is 11.2. The Bertz CT molecular complexity index is 456. The Morgan fingerprint density at radius 1 is 1.59 bits per heavy atom. The van der Waals surface area contributed by atoms with Gasteiger partial charge in [0.25, 0.3) is 0 Å². The summed E-state index contributed by atoms with van der Waals surface area (Å²) >= 11 is 3.43. The lowest BCUT2D eigenvalue weighted by atomic mass is 9.88. The number of halogens is 1. The molecule has 0 spiro atoms. The van der Waals surface area contributed by atoms with Crippen LogP contribution in [-0.2, 0) is 11.2 Å². The standard InChI is InChI=1S/C13H15BrO3/c1-3-11-10(13(15)16)6-8-5-9(14)4-7(2)12(8)17-11/h4-5,10-11H,3,6H2,1-2H3,(H,15,16). The largest absolute Gasteiger partial charge is 0.489 e. The fourth-order valence-corrected chi connectivity index (χ4v) is 2.96. The Morgan fingerprint density at radius 2 is 2.29 bits per heavy atom. The van der Waals surface area contributed by atoms with Crippen LogP contribution in [0.5, 0.6) is 5.75 Å². The molecule has 0 amide bonds. The van der Waals surface area contributed by atoms with Crippen molar-refractivity contribution in [1.29, 1.82) is 0 Å². The van der Waals surface area contributed by atoms with Crippen molar-refractivity contribution in [1.82, 2.24) is 0 Å². The molecule has 2 atom stereocenters. The highest BCUT2D eigenvalue weighted by Gasteiger charge is 2.34. The summed E-state index contributed by atoms with van der Waals surface area (Å²) < 4.78 is 6.81.